The number of rotatable bonds is 5. The molecule has 1 N–H and O–H groups in total. The molecule has 5 heteroatoms. The summed E-state index contributed by atoms with van der Waals surface area (Å²) in [6.45, 7) is 1.95. The topological polar surface area (TPSA) is 40.5 Å². The molecular formula is C15H17F2NO2. The molecule has 1 aliphatic carbocycles. The van der Waals surface area contributed by atoms with E-state index in [4.69, 9.17) is 5.11 Å². The van der Waals surface area contributed by atoms with Crippen molar-refractivity contribution in [3.63, 3.8) is 0 Å². The number of halogens is 2. The van der Waals surface area contributed by atoms with Gasteiger partial charge in [0.1, 0.15) is 17.3 Å². The highest BCUT2D eigenvalue weighted by molar-refractivity contribution is 5.85. The second-order valence-electron chi connectivity index (χ2n) is 5.19. The number of anilines is 1. The van der Waals surface area contributed by atoms with Crippen molar-refractivity contribution in [2.24, 2.45) is 5.92 Å². The van der Waals surface area contributed by atoms with Gasteiger partial charge >= 0.3 is 5.97 Å². The lowest BCUT2D eigenvalue weighted by atomic mass is 10.1. The third-order valence-corrected chi connectivity index (χ3v) is 3.73. The lowest BCUT2D eigenvalue weighted by Crippen LogP contribution is -2.32. The first-order valence-corrected chi connectivity index (χ1v) is 6.53. The fraction of sp³-hybridized carbons (Fsp3) is 0.400. The second kappa shape index (κ2) is 5.61. The fourth-order valence-electron chi connectivity index (χ4n) is 2.28. The zero-order chi connectivity index (χ0) is 14.9. The number of carboxylic acids is 1. The van der Waals surface area contributed by atoms with Crippen molar-refractivity contribution >= 4 is 17.7 Å². The van der Waals surface area contributed by atoms with Crippen LogP contribution >= 0.6 is 0 Å². The van der Waals surface area contributed by atoms with Crippen molar-refractivity contribution in [3.05, 3.63) is 35.4 Å². The molecular weight excluding hydrogens is 264 g/mol. The lowest BCUT2D eigenvalue weighted by Gasteiger charge is -2.28. The number of hydrogen-bond donors (Lipinski definition) is 1. The quantitative estimate of drug-likeness (QED) is 0.842. The van der Waals surface area contributed by atoms with Gasteiger partial charge in [-0.05, 0) is 49.5 Å². The van der Waals surface area contributed by atoms with Gasteiger partial charge in [0.05, 0.1) is 0 Å². The molecule has 1 atom stereocenters. The van der Waals surface area contributed by atoms with Gasteiger partial charge in [0, 0.05) is 19.2 Å². The normalized spacial score (nSPS) is 16.4. The Balaban J connectivity index is 2.28. The van der Waals surface area contributed by atoms with Gasteiger partial charge in [-0.25, -0.2) is 13.6 Å². The van der Waals surface area contributed by atoms with Crippen LogP contribution in [-0.2, 0) is 4.79 Å². The number of benzene rings is 1. The van der Waals surface area contributed by atoms with Gasteiger partial charge in [-0.3, -0.25) is 0 Å². The molecule has 0 aromatic heterocycles. The van der Waals surface area contributed by atoms with Gasteiger partial charge in [0.15, 0.2) is 0 Å². The number of hydrogen-bond acceptors (Lipinski definition) is 2. The van der Waals surface area contributed by atoms with Gasteiger partial charge in [0.2, 0.25) is 0 Å². The first-order valence-electron chi connectivity index (χ1n) is 6.53. The highest BCUT2D eigenvalue weighted by atomic mass is 19.1. The SMILES string of the molecule is CC(C1CC1)N(C)c1c(F)cc(C=CC(=O)O)cc1F. The highest BCUT2D eigenvalue weighted by Gasteiger charge is 2.32. The molecule has 2 rings (SSSR count). The molecule has 0 bridgehead atoms. The van der Waals surface area contributed by atoms with Crippen LogP contribution in [0.1, 0.15) is 25.3 Å². The van der Waals surface area contributed by atoms with Crippen LogP contribution in [0.15, 0.2) is 18.2 Å². The Morgan fingerprint density at radius 2 is 1.95 bits per heavy atom. The van der Waals surface area contributed by atoms with Crippen molar-refractivity contribution < 1.29 is 18.7 Å². The molecule has 1 fully saturated rings. The Bertz CT molecular complexity index is 530. The van der Waals surface area contributed by atoms with E-state index in [1.165, 1.54) is 6.08 Å². The number of aliphatic carboxylic acids is 1. The molecule has 1 aromatic carbocycles. The minimum atomic E-state index is -1.16. The lowest BCUT2D eigenvalue weighted by molar-refractivity contribution is -0.131. The maximum Gasteiger partial charge on any atom is 0.328 e. The summed E-state index contributed by atoms with van der Waals surface area (Å²) in [4.78, 5) is 12.0. The van der Waals surface area contributed by atoms with Gasteiger partial charge < -0.3 is 10.0 Å². The minimum absolute atomic E-state index is 0.0584. The summed E-state index contributed by atoms with van der Waals surface area (Å²) in [5.74, 6) is -2.02. The van der Waals surface area contributed by atoms with Crippen LogP contribution in [-0.4, -0.2) is 24.2 Å². The molecule has 1 aromatic rings. The largest absolute Gasteiger partial charge is 0.478 e. The van der Waals surface area contributed by atoms with Crippen LogP contribution in [0.5, 0.6) is 0 Å². The Kier molecular flexibility index (Phi) is 4.06. The summed E-state index contributed by atoms with van der Waals surface area (Å²) in [7, 11) is 1.68. The maximum absolute atomic E-state index is 14.1. The van der Waals surface area contributed by atoms with Crippen LogP contribution in [0.3, 0.4) is 0 Å². The van der Waals surface area contributed by atoms with Crippen LogP contribution < -0.4 is 4.90 Å². The van der Waals surface area contributed by atoms with E-state index in [1.54, 1.807) is 11.9 Å². The number of nitrogens with zero attached hydrogens (tertiary/aromatic N) is 1. The summed E-state index contributed by atoms with van der Waals surface area (Å²) in [6.07, 6.45) is 4.20. The molecule has 1 aliphatic rings. The van der Waals surface area contributed by atoms with Crippen LogP contribution in [0.25, 0.3) is 6.08 Å². The highest BCUT2D eigenvalue weighted by Crippen LogP contribution is 2.37. The van der Waals surface area contributed by atoms with Crippen LogP contribution in [0.4, 0.5) is 14.5 Å². The van der Waals surface area contributed by atoms with Crippen molar-refractivity contribution in [2.75, 3.05) is 11.9 Å². The van der Waals surface area contributed by atoms with Crippen LogP contribution in [0.2, 0.25) is 0 Å². The Morgan fingerprint density at radius 3 is 2.40 bits per heavy atom. The average molecular weight is 281 g/mol. The monoisotopic (exact) mass is 281 g/mol. The summed E-state index contributed by atoms with van der Waals surface area (Å²) in [5.41, 5.74) is 0.135. The van der Waals surface area contributed by atoms with Gasteiger partial charge in [-0.2, -0.15) is 0 Å². The Labute approximate surface area is 116 Å². The minimum Gasteiger partial charge on any atom is -0.478 e. The second-order valence-corrected chi connectivity index (χ2v) is 5.19. The zero-order valence-corrected chi connectivity index (χ0v) is 11.4. The third kappa shape index (κ3) is 3.15. The molecule has 0 aliphatic heterocycles. The molecule has 1 unspecified atom stereocenters. The van der Waals surface area contributed by atoms with Crippen molar-refractivity contribution in [3.8, 4) is 0 Å². The summed E-state index contributed by atoms with van der Waals surface area (Å²) < 4.78 is 28.1. The summed E-state index contributed by atoms with van der Waals surface area (Å²) in [5, 5.41) is 8.51. The maximum atomic E-state index is 14.1. The predicted molar refractivity (Wildman–Crippen MR) is 73.6 cm³/mol. The Hall–Kier alpha value is -1.91. The molecule has 108 valence electrons. The molecule has 3 nitrogen and oxygen atoms in total. The van der Waals surface area contributed by atoms with E-state index in [1.807, 2.05) is 6.92 Å². The molecule has 0 heterocycles. The van der Waals surface area contributed by atoms with Crippen molar-refractivity contribution in [2.45, 2.75) is 25.8 Å². The molecule has 0 saturated heterocycles. The first kappa shape index (κ1) is 14.5. The zero-order valence-electron chi connectivity index (χ0n) is 11.4. The average Bonchev–Trinajstić information content (AvgIpc) is 3.18. The van der Waals surface area contributed by atoms with E-state index in [0.29, 0.717) is 5.92 Å². The number of carbonyl (C=O) groups is 1. The van der Waals surface area contributed by atoms with Crippen molar-refractivity contribution in [1.82, 2.24) is 0 Å². The smallest absolute Gasteiger partial charge is 0.328 e. The van der Waals surface area contributed by atoms with E-state index in [9.17, 15) is 13.6 Å². The van der Waals surface area contributed by atoms with E-state index in [2.05, 4.69) is 0 Å². The van der Waals surface area contributed by atoms with E-state index in [-0.39, 0.29) is 17.3 Å². The molecule has 0 amide bonds. The Morgan fingerprint density at radius 1 is 1.40 bits per heavy atom. The first-order chi connectivity index (χ1) is 9.40. The van der Waals surface area contributed by atoms with E-state index in [0.717, 1.165) is 31.1 Å². The molecule has 1 saturated carbocycles. The predicted octanol–water partition coefficient (Wildman–Crippen LogP) is 3.30. The van der Waals surface area contributed by atoms with E-state index < -0.39 is 17.6 Å². The van der Waals surface area contributed by atoms with Gasteiger partial charge in [-0.15, -0.1) is 0 Å². The van der Waals surface area contributed by atoms with Gasteiger partial charge in [0.25, 0.3) is 0 Å². The van der Waals surface area contributed by atoms with E-state index >= 15 is 0 Å². The summed E-state index contributed by atoms with van der Waals surface area (Å²) in [6, 6.07) is 2.38. The third-order valence-electron chi connectivity index (χ3n) is 3.73. The molecule has 0 radical (unpaired) electrons. The summed E-state index contributed by atoms with van der Waals surface area (Å²) >= 11 is 0. The van der Waals surface area contributed by atoms with Crippen LogP contribution in [0, 0.1) is 17.6 Å². The fourth-order valence-corrected chi connectivity index (χ4v) is 2.28. The van der Waals surface area contributed by atoms with Crippen molar-refractivity contribution in [1.29, 1.82) is 0 Å². The van der Waals surface area contributed by atoms with Gasteiger partial charge in [-0.1, -0.05) is 0 Å². The number of carboxylic acid groups (broad SMARTS) is 1. The molecule has 0 spiro atoms. The standard InChI is InChI=1S/C15H17F2NO2/c1-9(11-4-5-11)18(2)15-12(16)7-10(8-13(15)17)3-6-14(19)20/h3,6-9,11H,4-5H2,1-2H3,(H,19,20). The molecule has 20 heavy (non-hydrogen) atoms.